The molecule has 6 nitrogen and oxygen atoms in total. The van der Waals surface area contributed by atoms with Crippen molar-refractivity contribution >= 4 is 21.3 Å². The van der Waals surface area contributed by atoms with Crippen molar-refractivity contribution in [2.24, 2.45) is 5.14 Å². The van der Waals surface area contributed by atoms with Gasteiger partial charge in [-0.25, -0.2) is 4.98 Å². The Morgan fingerprint density at radius 1 is 1.50 bits per heavy atom. The molecular formula is C7H7N3O3S. The highest BCUT2D eigenvalue weighted by atomic mass is 32.2. The number of nitrogens with one attached hydrogen (secondary N) is 1. The Balaban J connectivity index is 2.54. The van der Waals surface area contributed by atoms with E-state index < -0.39 is 10.3 Å². The average molecular weight is 213 g/mol. The highest BCUT2D eigenvalue weighted by Gasteiger charge is 2.10. The third kappa shape index (κ3) is 1.68. The van der Waals surface area contributed by atoms with E-state index in [1.807, 2.05) is 0 Å². The molecule has 0 radical (unpaired) electrons. The number of pyridine rings is 1. The number of fused-ring (bicyclic) bond motifs is 1. The van der Waals surface area contributed by atoms with Crippen molar-refractivity contribution in [1.29, 1.82) is 0 Å². The van der Waals surface area contributed by atoms with Gasteiger partial charge in [-0.3, -0.25) is 0 Å². The van der Waals surface area contributed by atoms with Gasteiger partial charge in [-0.15, -0.1) is 0 Å². The van der Waals surface area contributed by atoms with Crippen LogP contribution < -0.4 is 9.32 Å². The molecule has 0 aliphatic carbocycles. The van der Waals surface area contributed by atoms with Crippen LogP contribution in [0.5, 0.6) is 5.75 Å². The van der Waals surface area contributed by atoms with Crippen LogP contribution in [0.3, 0.4) is 0 Å². The van der Waals surface area contributed by atoms with Crippen molar-refractivity contribution in [3.8, 4) is 5.75 Å². The van der Waals surface area contributed by atoms with Crippen LogP contribution in [0.15, 0.2) is 24.5 Å². The zero-order valence-corrected chi connectivity index (χ0v) is 7.78. The van der Waals surface area contributed by atoms with Gasteiger partial charge in [0.1, 0.15) is 5.65 Å². The van der Waals surface area contributed by atoms with Gasteiger partial charge in [0.15, 0.2) is 5.75 Å². The van der Waals surface area contributed by atoms with E-state index in [4.69, 9.17) is 5.14 Å². The van der Waals surface area contributed by atoms with Gasteiger partial charge in [0.05, 0.1) is 5.39 Å². The summed E-state index contributed by atoms with van der Waals surface area (Å²) in [6.07, 6.45) is 2.97. The number of hydrogen-bond acceptors (Lipinski definition) is 4. The lowest BCUT2D eigenvalue weighted by molar-refractivity contribution is 0.490. The predicted octanol–water partition coefficient (Wildman–Crippen LogP) is 0.145. The quantitative estimate of drug-likeness (QED) is 0.741. The average Bonchev–Trinajstić information content (AvgIpc) is 2.47. The minimum atomic E-state index is -3.99. The Hall–Kier alpha value is -1.60. The van der Waals surface area contributed by atoms with Crippen LogP contribution in [0.1, 0.15) is 0 Å². The molecular weight excluding hydrogens is 206 g/mol. The SMILES string of the molecule is NS(=O)(=O)Oc1c[nH]c2ncccc12. The van der Waals surface area contributed by atoms with Crippen LogP contribution in [-0.2, 0) is 10.3 Å². The van der Waals surface area contributed by atoms with Gasteiger partial charge >= 0.3 is 10.3 Å². The molecule has 0 aliphatic heterocycles. The first-order chi connectivity index (χ1) is 6.56. The topological polar surface area (TPSA) is 98.1 Å². The number of nitrogens with zero attached hydrogens (tertiary/aromatic N) is 1. The maximum atomic E-state index is 10.7. The van der Waals surface area contributed by atoms with Crippen molar-refractivity contribution in [2.75, 3.05) is 0 Å². The van der Waals surface area contributed by atoms with Crippen LogP contribution in [0.2, 0.25) is 0 Å². The fourth-order valence-corrected chi connectivity index (χ4v) is 1.51. The van der Waals surface area contributed by atoms with E-state index in [9.17, 15) is 8.42 Å². The van der Waals surface area contributed by atoms with Crippen molar-refractivity contribution in [3.05, 3.63) is 24.5 Å². The molecule has 2 aromatic rings. The summed E-state index contributed by atoms with van der Waals surface area (Å²) >= 11 is 0. The summed E-state index contributed by atoms with van der Waals surface area (Å²) in [5, 5.41) is 5.30. The molecule has 0 saturated heterocycles. The van der Waals surface area contributed by atoms with Gasteiger partial charge < -0.3 is 9.17 Å². The second kappa shape index (κ2) is 2.96. The molecule has 0 spiro atoms. The summed E-state index contributed by atoms with van der Waals surface area (Å²) in [6.45, 7) is 0. The van der Waals surface area contributed by atoms with Crippen LogP contribution in [-0.4, -0.2) is 18.4 Å². The maximum Gasteiger partial charge on any atom is 0.380 e. The van der Waals surface area contributed by atoms with Gasteiger partial charge in [0.25, 0.3) is 0 Å². The molecule has 0 aliphatic rings. The van der Waals surface area contributed by atoms with E-state index in [1.165, 1.54) is 6.20 Å². The van der Waals surface area contributed by atoms with Gasteiger partial charge in [-0.2, -0.15) is 13.6 Å². The Morgan fingerprint density at radius 3 is 3.00 bits per heavy atom. The lowest BCUT2D eigenvalue weighted by atomic mass is 10.3. The van der Waals surface area contributed by atoms with Gasteiger partial charge in [-0.1, -0.05) is 0 Å². The van der Waals surface area contributed by atoms with E-state index in [2.05, 4.69) is 14.2 Å². The molecule has 74 valence electrons. The van der Waals surface area contributed by atoms with Gasteiger partial charge in [-0.05, 0) is 12.1 Å². The van der Waals surface area contributed by atoms with Gasteiger partial charge in [0.2, 0.25) is 0 Å². The van der Waals surface area contributed by atoms with Crippen LogP contribution >= 0.6 is 0 Å². The van der Waals surface area contributed by atoms with Crippen LogP contribution in [0.25, 0.3) is 11.0 Å². The van der Waals surface area contributed by atoms with E-state index >= 15 is 0 Å². The first kappa shape index (κ1) is 8.97. The van der Waals surface area contributed by atoms with Crippen molar-refractivity contribution in [2.45, 2.75) is 0 Å². The summed E-state index contributed by atoms with van der Waals surface area (Å²) in [5.74, 6) is 0.149. The highest BCUT2D eigenvalue weighted by Crippen LogP contribution is 2.23. The molecule has 0 amide bonds. The molecule has 0 atom stereocenters. The molecule has 14 heavy (non-hydrogen) atoms. The second-order valence-electron chi connectivity index (χ2n) is 2.63. The third-order valence-electron chi connectivity index (χ3n) is 1.62. The molecule has 0 aromatic carbocycles. The van der Waals surface area contributed by atoms with Crippen LogP contribution in [0.4, 0.5) is 0 Å². The van der Waals surface area contributed by atoms with Gasteiger partial charge in [0, 0.05) is 12.4 Å². The summed E-state index contributed by atoms with van der Waals surface area (Å²) in [5.41, 5.74) is 0.547. The van der Waals surface area contributed by atoms with Crippen LogP contribution in [0, 0.1) is 0 Å². The van der Waals surface area contributed by atoms with Crippen molar-refractivity contribution in [1.82, 2.24) is 9.97 Å². The molecule has 2 rings (SSSR count). The molecule has 0 fully saturated rings. The Bertz CT molecular complexity index is 560. The largest absolute Gasteiger partial charge is 0.380 e. The monoisotopic (exact) mass is 213 g/mol. The molecule has 7 heteroatoms. The molecule has 2 heterocycles. The number of nitrogens with two attached hydrogens (primary N) is 1. The first-order valence-corrected chi connectivity index (χ1v) is 5.18. The zero-order valence-electron chi connectivity index (χ0n) is 6.97. The van der Waals surface area contributed by atoms with Crippen molar-refractivity contribution in [3.63, 3.8) is 0 Å². The molecule has 2 aromatic heterocycles. The Kier molecular flexibility index (Phi) is 1.90. The minimum absolute atomic E-state index is 0.149. The Morgan fingerprint density at radius 2 is 2.29 bits per heavy atom. The number of rotatable bonds is 2. The van der Waals surface area contributed by atoms with E-state index in [0.717, 1.165) is 0 Å². The zero-order chi connectivity index (χ0) is 10.2. The molecule has 0 bridgehead atoms. The fraction of sp³-hybridized carbons (Fsp3) is 0. The summed E-state index contributed by atoms with van der Waals surface area (Å²) in [4.78, 5) is 6.72. The highest BCUT2D eigenvalue weighted by molar-refractivity contribution is 7.84. The second-order valence-corrected chi connectivity index (χ2v) is 3.78. The van der Waals surface area contributed by atoms with Crippen molar-refractivity contribution < 1.29 is 12.6 Å². The maximum absolute atomic E-state index is 10.7. The lowest BCUT2D eigenvalue weighted by Gasteiger charge is -1.98. The summed E-state index contributed by atoms with van der Waals surface area (Å²) < 4.78 is 25.9. The molecule has 0 unspecified atom stereocenters. The lowest BCUT2D eigenvalue weighted by Crippen LogP contribution is -2.18. The normalized spacial score (nSPS) is 11.8. The number of aromatic amines is 1. The molecule has 3 N–H and O–H groups in total. The van der Waals surface area contributed by atoms with E-state index in [1.54, 1.807) is 18.3 Å². The summed E-state index contributed by atoms with van der Waals surface area (Å²) in [6, 6.07) is 3.35. The number of aromatic nitrogens is 2. The minimum Gasteiger partial charge on any atom is -0.369 e. The number of hydrogen-bond donors (Lipinski definition) is 2. The molecule has 0 saturated carbocycles. The standard InChI is InChI=1S/C7H7N3O3S/c8-14(11,12)13-6-4-10-7-5(6)2-1-3-9-7/h1-4H,(H,9,10)(H2,8,11,12). The smallest absolute Gasteiger partial charge is 0.369 e. The Labute approximate surface area is 80.0 Å². The first-order valence-electron chi connectivity index (χ1n) is 3.70. The number of H-pyrrole nitrogens is 1. The van der Waals surface area contributed by atoms with E-state index in [-0.39, 0.29) is 5.75 Å². The summed E-state index contributed by atoms with van der Waals surface area (Å²) in [7, 11) is -3.99. The fourth-order valence-electron chi connectivity index (χ4n) is 1.12. The predicted molar refractivity (Wildman–Crippen MR) is 49.8 cm³/mol. The van der Waals surface area contributed by atoms with E-state index in [0.29, 0.717) is 11.0 Å². The third-order valence-corrected chi connectivity index (χ3v) is 2.03.